The Kier molecular flexibility index (Phi) is 9.23. The highest BCUT2D eigenvalue weighted by Gasteiger charge is 2.43. The Bertz CT molecular complexity index is 1030. The van der Waals surface area contributed by atoms with Crippen LogP contribution in [0.3, 0.4) is 0 Å². The maximum atomic E-state index is 15.4. The first-order chi connectivity index (χ1) is 16.8. The summed E-state index contributed by atoms with van der Waals surface area (Å²) in [5.74, 6) is -0.896. The number of ether oxygens (including phenoxy) is 1. The van der Waals surface area contributed by atoms with E-state index in [9.17, 15) is 14.7 Å². The molecule has 1 aliphatic rings. The molecule has 4 N–H and O–H groups in total. The number of nitrogens with zero attached hydrogens (tertiary/aromatic N) is 1. The summed E-state index contributed by atoms with van der Waals surface area (Å²) < 4.78 is 20.0. The van der Waals surface area contributed by atoms with Gasteiger partial charge in [0.2, 0.25) is 5.91 Å². The van der Waals surface area contributed by atoms with Crippen LogP contribution in [0, 0.1) is 11.7 Å². The lowest BCUT2D eigenvalue weighted by Crippen LogP contribution is -2.50. The van der Waals surface area contributed by atoms with Gasteiger partial charge in [0.05, 0.1) is 19.3 Å². The van der Waals surface area contributed by atoms with Crippen molar-refractivity contribution in [3.05, 3.63) is 59.4 Å². The van der Waals surface area contributed by atoms with Crippen molar-refractivity contribution in [3.63, 3.8) is 0 Å². The summed E-state index contributed by atoms with van der Waals surface area (Å²) in [6.07, 6.45) is 2.37. The van der Waals surface area contributed by atoms with Crippen LogP contribution in [-0.2, 0) is 21.6 Å². The Hall–Kier alpha value is -2.97. The monoisotopic (exact) mass is 485 g/mol. The highest BCUT2D eigenvalue weighted by Crippen LogP contribution is 2.44. The normalized spacial score (nSPS) is 17.5. The van der Waals surface area contributed by atoms with Gasteiger partial charge in [-0.25, -0.2) is 9.18 Å². The Morgan fingerprint density at radius 3 is 2.77 bits per heavy atom. The van der Waals surface area contributed by atoms with Gasteiger partial charge in [0, 0.05) is 31.1 Å². The molecule has 1 fully saturated rings. The van der Waals surface area contributed by atoms with E-state index >= 15 is 4.39 Å². The van der Waals surface area contributed by atoms with Gasteiger partial charge in [0.1, 0.15) is 5.82 Å². The summed E-state index contributed by atoms with van der Waals surface area (Å²) in [6.45, 7) is 3.16. The van der Waals surface area contributed by atoms with Crippen LogP contribution in [0.1, 0.15) is 43.7 Å². The molecule has 2 aromatic carbocycles. The van der Waals surface area contributed by atoms with E-state index in [4.69, 9.17) is 5.73 Å². The van der Waals surface area contributed by atoms with Crippen LogP contribution in [0.25, 0.3) is 11.1 Å². The average Bonchev–Trinajstić information content (AvgIpc) is 2.90. The summed E-state index contributed by atoms with van der Waals surface area (Å²) in [6, 6.07) is 12.5. The van der Waals surface area contributed by atoms with Gasteiger partial charge in [0.15, 0.2) is 0 Å². The number of aryl methyl sites for hydroxylation is 1. The molecule has 7 nitrogen and oxygen atoms in total. The molecule has 2 amide bonds. The molecule has 1 saturated heterocycles. The summed E-state index contributed by atoms with van der Waals surface area (Å²) in [4.78, 5) is 25.5. The topological polar surface area (TPSA) is 105 Å². The molecular weight excluding hydrogens is 449 g/mol. The number of amides is 2. The zero-order chi connectivity index (χ0) is 25.4. The number of carbonyl (C=O) groups is 2. The van der Waals surface area contributed by atoms with Crippen LogP contribution >= 0.6 is 0 Å². The Morgan fingerprint density at radius 2 is 2.06 bits per heavy atom. The number of halogens is 1. The van der Waals surface area contributed by atoms with Crippen molar-refractivity contribution in [2.45, 2.75) is 44.6 Å². The van der Waals surface area contributed by atoms with Crippen LogP contribution in [0.15, 0.2) is 42.5 Å². The van der Waals surface area contributed by atoms with Gasteiger partial charge in [-0.3, -0.25) is 4.79 Å². The average molecular weight is 486 g/mol. The van der Waals surface area contributed by atoms with Crippen molar-refractivity contribution < 1.29 is 23.8 Å². The van der Waals surface area contributed by atoms with Gasteiger partial charge >= 0.3 is 6.09 Å². The minimum atomic E-state index is -1.43. The summed E-state index contributed by atoms with van der Waals surface area (Å²) in [5.41, 5.74) is 6.81. The van der Waals surface area contributed by atoms with Crippen molar-refractivity contribution in [2.24, 2.45) is 11.7 Å². The number of methoxy groups -OCH3 is 1. The number of hydrogen-bond donors (Lipinski definition) is 3. The third-order valence-corrected chi connectivity index (χ3v) is 6.92. The zero-order valence-electron chi connectivity index (χ0n) is 20.6. The third kappa shape index (κ3) is 6.18. The first-order valence-corrected chi connectivity index (χ1v) is 12.2. The highest BCUT2D eigenvalue weighted by atomic mass is 19.1. The number of benzene rings is 2. The molecule has 2 atom stereocenters. The number of rotatable bonds is 9. The summed E-state index contributed by atoms with van der Waals surface area (Å²) in [7, 11) is 1.29. The predicted octanol–water partition coefficient (Wildman–Crippen LogP) is 3.58. The van der Waals surface area contributed by atoms with E-state index in [1.807, 2.05) is 31.2 Å². The summed E-state index contributed by atoms with van der Waals surface area (Å²) >= 11 is 0. The minimum Gasteiger partial charge on any atom is -0.453 e. The van der Waals surface area contributed by atoms with E-state index < -0.39 is 17.5 Å². The fraction of sp³-hybridized carbons (Fsp3) is 0.481. The first-order valence-electron chi connectivity index (χ1n) is 12.2. The maximum absolute atomic E-state index is 15.4. The number of hydrogen-bond acceptors (Lipinski definition) is 5. The van der Waals surface area contributed by atoms with Gasteiger partial charge in [0.25, 0.3) is 0 Å². The minimum absolute atomic E-state index is 0.0940. The molecule has 2 aromatic rings. The standard InChI is InChI=1S/C27H36FN3O4/c1-3-19-8-4-9-20(16-19)25-22(11-5-12-23(25)28)27(34,13-7-14-30-26(33)35-2)21-10-6-15-31(18-21)24(32)17-29/h4-5,8-9,11-12,16,21,34H,3,6-7,10,13-15,17-18,29H2,1-2H3,(H,30,33). The Balaban J connectivity index is 2.04. The van der Waals surface area contributed by atoms with Gasteiger partial charge < -0.3 is 25.8 Å². The van der Waals surface area contributed by atoms with Crippen molar-refractivity contribution >= 4 is 12.0 Å². The SMILES string of the molecule is CCc1cccc(-c2c(F)cccc2C(O)(CCCNC(=O)OC)C2CCCN(C(=O)CN)C2)c1. The van der Waals surface area contributed by atoms with Crippen LogP contribution in [0.2, 0.25) is 0 Å². The molecule has 0 spiro atoms. The summed E-state index contributed by atoms with van der Waals surface area (Å²) in [5, 5.41) is 15.0. The molecule has 3 rings (SSSR count). The first kappa shape index (κ1) is 26.6. The fourth-order valence-electron chi connectivity index (χ4n) is 5.03. The molecular formula is C27H36FN3O4. The second kappa shape index (κ2) is 12.1. The second-order valence-electron chi connectivity index (χ2n) is 9.05. The number of nitrogens with one attached hydrogen (secondary N) is 1. The van der Waals surface area contributed by atoms with Crippen LogP contribution in [0.5, 0.6) is 0 Å². The Labute approximate surface area is 206 Å². The quantitative estimate of drug-likeness (QED) is 0.471. The highest BCUT2D eigenvalue weighted by molar-refractivity contribution is 5.78. The zero-order valence-corrected chi connectivity index (χ0v) is 20.6. The molecule has 1 heterocycles. The van der Waals surface area contributed by atoms with Crippen molar-refractivity contribution in [2.75, 3.05) is 33.3 Å². The van der Waals surface area contributed by atoms with Gasteiger partial charge in [-0.2, -0.15) is 0 Å². The van der Waals surface area contributed by atoms with Gasteiger partial charge in [-0.05, 0) is 54.9 Å². The van der Waals surface area contributed by atoms with Crippen molar-refractivity contribution in [3.8, 4) is 11.1 Å². The van der Waals surface area contributed by atoms with E-state index in [1.165, 1.54) is 13.2 Å². The molecule has 0 aromatic heterocycles. The second-order valence-corrected chi connectivity index (χ2v) is 9.05. The molecule has 0 saturated carbocycles. The molecule has 8 heteroatoms. The number of aliphatic hydroxyl groups is 1. The molecule has 1 aliphatic heterocycles. The molecule has 35 heavy (non-hydrogen) atoms. The van der Waals surface area contributed by atoms with Crippen molar-refractivity contribution in [1.82, 2.24) is 10.2 Å². The largest absolute Gasteiger partial charge is 0.453 e. The molecule has 0 radical (unpaired) electrons. The number of likely N-dealkylation sites (tertiary alicyclic amines) is 1. The van der Waals surface area contributed by atoms with E-state index in [0.29, 0.717) is 49.2 Å². The van der Waals surface area contributed by atoms with Gasteiger partial charge in [-0.1, -0.05) is 43.3 Å². The lowest BCUT2D eigenvalue weighted by Gasteiger charge is -2.43. The van der Waals surface area contributed by atoms with Crippen LogP contribution in [0.4, 0.5) is 9.18 Å². The lowest BCUT2D eigenvalue weighted by molar-refractivity contribution is -0.135. The number of piperidine rings is 1. The van der Waals surface area contributed by atoms with Crippen LogP contribution in [-0.4, -0.2) is 55.3 Å². The third-order valence-electron chi connectivity index (χ3n) is 6.92. The van der Waals surface area contributed by atoms with E-state index in [0.717, 1.165) is 18.4 Å². The van der Waals surface area contributed by atoms with E-state index in [-0.39, 0.29) is 24.8 Å². The Morgan fingerprint density at radius 1 is 1.29 bits per heavy atom. The van der Waals surface area contributed by atoms with E-state index in [2.05, 4.69) is 10.1 Å². The number of carbonyl (C=O) groups excluding carboxylic acids is 2. The molecule has 190 valence electrons. The van der Waals surface area contributed by atoms with Crippen LogP contribution < -0.4 is 11.1 Å². The molecule has 2 unspecified atom stereocenters. The predicted molar refractivity (Wildman–Crippen MR) is 133 cm³/mol. The fourth-order valence-corrected chi connectivity index (χ4v) is 5.03. The lowest BCUT2D eigenvalue weighted by atomic mass is 9.72. The smallest absolute Gasteiger partial charge is 0.406 e. The van der Waals surface area contributed by atoms with Gasteiger partial charge in [-0.15, -0.1) is 0 Å². The molecule has 0 bridgehead atoms. The number of alkyl carbamates (subject to hydrolysis) is 1. The molecule has 0 aliphatic carbocycles. The van der Waals surface area contributed by atoms with Crippen molar-refractivity contribution in [1.29, 1.82) is 0 Å². The maximum Gasteiger partial charge on any atom is 0.406 e. The van der Waals surface area contributed by atoms with E-state index in [1.54, 1.807) is 17.0 Å². The number of nitrogens with two attached hydrogens (primary N) is 1.